The molecule has 1 aromatic carbocycles. The molecule has 5 heteroatoms. The van der Waals surface area contributed by atoms with Gasteiger partial charge in [-0.1, -0.05) is 12.1 Å². The molecule has 1 unspecified atom stereocenters. The summed E-state index contributed by atoms with van der Waals surface area (Å²) in [6.45, 7) is 0.878. The Balaban J connectivity index is 2.03. The van der Waals surface area contributed by atoms with E-state index in [0.29, 0.717) is 6.42 Å². The molecule has 2 N–H and O–H groups in total. The van der Waals surface area contributed by atoms with Gasteiger partial charge in [0, 0.05) is 24.1 Å². The Kier molecular flexibility index (Phi) is 5.10. The van der Waals surface area contributed by atoms with E-state index < -0.39 is 0 Å². The van der Waals surface area contributed by atoms with Gasteiger partial charge in [0.1, 0.15) is 0 Å². The number of carbonyl (C=O) groups is 1. The second kappa shape index (κ2) is 6.82. The molecular weight excluding hydrogens is 260 g/mol. The van der Waals surface area contributed by atoms with E-state index in [2.05, 4.69) is 17.9 Å². The molecule has 0 radical (unpaired) electrons. The molecule has 2 amide bonds. The van der Waals surface area contributed by atoms with Crippen LogP contribution in [0.25, 0.3) is 0 Å². The minimum atomic E-state index is -0.0975. The highest BCUT2D eigenvalue weighted by molar-refractivity contribution is 7.80. The third-order valence-electron chi connectivity index (χ3n) is 3.50. The highest BCUT2D eigenvalue weighted by Crippen LogP contribution is 2.23. The van der Waals surface area contributed by atoms with Crippen LogP contribution >= 0.6 is 12.6 Å². The summed E-state index contributed by atoms with van der Waals surface area (Å²) in [5, 5.41) is 12.0. The largest absolute Gasteiger partial charge is 0.396 e. The molecule has 19 heavy (non-hydrogen) atoms. The second-order valence-corrected chi connectivity index (χ2v) is 5.28. The molecule has 0 saturated carbocycles. The Bertz CT molecular complexity index is 437. The fourth-order valence-electron chi connectivity index (χ4n) is 2.48. The number of rotatable bonds is 3. The van der Waals surface area contributed by atoms with Gasteiger partial charge in [-0.15, -0.1) is 12.6 Å². The number of thiol groups is 1. The maximum atomic E-state index is 12.3. The van der Waals surface area contributed by atoms with E-state index in [1.807, 2.05) is 29.2 Å². The van der Waals surface area contributed by atoms with Gasteiger partial charge >= 0.3 is 6.03 Å². The van der Waals surface area contributed by atoms with Crippen molar-refractivity contribution in [3.63, 3.8) is 0 Å². The van der Waals surface area contributed by atoms with E-state index in [1.54, 1.807) is 0 Å². The lowest BCUT2D eigenvalue weighted by Gasteiger charge is -2.35. The molecule has 1 aromatic rings. The summed E-state index contributed by atoms with van der Waals surface area (Å²) >= 11 is 4.33. The first-order valence-electron chi connectivity index (χ1n) is 6.69. The molecule has 1 atom stereocenters. The van der Waals surface area contributed by atoms with Crippen LogP contribution in [0.2, 0.25) is 0 Å². The van der Waals surface area contributed by atoms with E-state index in [1.165, 1.54) is 0 Å². The van der Waals surface area contributed by atoms with Gasteiger partial charge in [0.15, 0.2) is 0 Å². The van der Waals surface area contributed by atoms with Crippen LogP contribution in [-0.2, 0) is 0 Å². The van der Waals surface area contributed by atoms with Crippen LogP contribution in [-0.4, -0.2) is 35.2 Å². The summed E-state index contributed by atoms with van der Waals surface area (Å²) < 4.78 is 0. The second-order valence-electron chi connectivity index (χ2n) is 4.80. The SMILES string of the molecule is O=C(Nc1ccccc1S)N1CCCCC1CCO. The number of nitrogens with one attached hydrogen (secondary N) is 1. The number of anilines is 1. The number of aliphatic hydroxyl groups is 1. The number of hydrogen-bond donors (Lipinski definition) is 3. The maximum absolute atomic E-state index is 12.3. The number of nitrogens with zero attached hydrogens (tertiary/aromatic N) is 1. The Hall–Kier alpha value is -1.20. The molecule has 0 bridgehead atoms. The van der Waals surface area contributed by atoms with Crippen LogP contribution in [0.15, 0.2) is 29.2 Å². The number of amides is 2. The zero-order valence-corrected chi connectivity index (χ0v) is 11.8. The normalized spacial score (nSPS) is 19.3. The van der Waals surface area contributed by atoms with E-state index in [0.717, 1.165) is 36.4 Å². The van der Waals surface area contributed by atoms with Crippen molar-refractivity contribution in [2.45, 2.75) is 36.6 Å². The summed E-state index contributed by atoms with van der Waals surface area (Å²) in [6, 6.07) is 7.49. The molecule has 1 heterocycles. The molecule has 0 aromatic heterocycles. The molecule has 1 aliphatic heterocycles. The van der Waals surface area contributed by atoms with E-state index >= 15 is 0 Å². The van der Waals surface area contributed by atoms with Crippen LogP contribution < -0.4 is 5.32 Å². The number of aliphatic hydroxyl groups excluding tert-OH is 1. The monoisotopic (exact) mass is 280 g/mol. The Labute approximate surface area is 119 Å². The van der Waals surface area contributed by atoms with Gasteiger partial charge in [-0.3, -0.25) is 0 Å². The van der Waals surface area contributed by atoms with Gasteiger partial charge in [0.25, 0.3) is 0 Å². The smallest absolute Gasteiger partial charge is 0.322 e. The number of likely N-dealkylation sites (tertiary alicyclic amines) is 1. The van der Waals surface area contributed by atoms with Gasteiger partial charge in [0.05, 0.1) is 5.69 Å². The van der Waals surface area contributed by atoms with Gasteiger partial charge < -0.3 is 15.3 Å². The first-order valence-corrected chi connectivity index (χ1v) is 7.13. The minimum absolute atomic E-state index is 0.0975. The number of urea groups is 1. The fraction of sp³-hybridized carbons (Fsp3) is 0.500. The van der Waals surface area contributed by atoms with Crippen LogP contribution in [0.1, 0.15) is 25.7 Å². The zero-order valence-electron chi connectivity index (χ0n) is 10.9. The van der Waals surface area contributed by atoms with Crippen molar-refractivity contribution in [3.05, 3.63) is 24.3 Å². The van der Waals surface area contributed by atoms with Crippen LogP contribution in [0, 0.1) is 0 Å². The van der Waals surface area contributed by atoms with Crippen LogP contribution in [0.5, 0.6) is 0 Å². The third kappa shape index (κ3) is 3.64. The average molecular weight is 280 g/mol. The lowest BCUT2D eigenvalue weighted by Crippen LogP contribution is -2.46. The topological polar surface area (TPSA) is 52.6 Å². The van der Waals surface area contributed by atoms with E-state index in [9.17, 15) is 4.79 Å². The standard InChI is InChI=1S/C14H20N2O2S/c17-10-8-11-5-3-4-9-16(11)14(18)15-12-6-1-2-7-13(12)19/h1-2,6-7,11,17,19H,3-5,8-10H2,(H,15,18). The summed E-state index contributed by atoms with van der Waals surface area (Å²) in [4.78, 5) is 14.9. The maximum Gasteiger partial charge on any atom is 0.322 e. The van der Waals surface area contributed by atoms with Crippen molar-refractivity contribution in [1.82, 2.24) is 4.90 Å². The van der Waals surface area contributed by atoms with Crippen molar-refractivity contribution >= 4 is 24.3 Å². The molecule has 0 aliphatic carbocycles. The van der Waals surface area contributed by atoms with Crippen molar-refractivity contribution in [3.8, 4) is 0 Å². The number of para-hydroxylation sites is 1. The lowest BCUT2D eigenvalue weighted by atomic mass is 10.0. The predicted octanol–water partition coefficient (Wildman–Crippen LogP) is 2.74. The Morgan fingerprint density at radius 3 is 2.95 bits per heavy atom. The van der Waals surface area contributed by atoms with Gasteiger partial charge in [-0.2, -0.15) is 0 Å². The molecule has 104 valence electrons. The number of piperidine rings is 1. The molecule has 1 fully saturated rings. The summed E-state index contributed by atoms with van der Waals surface area (Å²) in [5.74, 6) is 0. The van der Waals surface area contributed by atoms with Gasteiger partial charge in [0.2, 0.25) is 0 Å². The molecule has 0 spiro atoms. The first-order chi connectivity index (χ1) is 9.22. The van der Waals surface area contributed by atoms with Crippen molar-refractivity contribution < 1.29 is 9.90 Å². The number of hydrogen-bond acceptors (Lipinski definition) is 3. The average Bonchev–Trinajstić information content (AvgIpc) is 2.42. The first kappa shape index (κ1) is 14.2. The third-order valence-corrected chi connectivity index (χ3v) is 3.89. The minimum Gasteiger partial charge on any atom is -0.396 e. The molecule has 1 saturated heterocycles. The quantitative estimate of drug-likeness (QED) is 0.746. The molecule has 2 rings (SSSR count). The van der Waals surface area contributed by atoms with Crippen LogP contribution in [0.4, 0.5) is 10.5 Å². The fourth-order valence-corrected chi connectivity index (χ4v) is 2.70. The van der Waals surface area contributed by atoms with Crippen molar-refractivity contribution in [2.75, 3.05) is 18.5 Å². The Morgan fingerprint density at radius 2 is 2.21 bits per heavy atom. The molecule has 4 nitrogen and oxygen atoms in total. The van der Waals surface area contributed by atoms with Crippen molar-refractivity contribution in [2.24, 2.45) is 0 Å². The lowest BCUT2D eigenvalue weighted by molar-refractivity contribution is 0.141. The van der Waals surface area contributed by atoms with Crippen molar-refractivity contribution in [1.29, 1.82) is 0 Å². The summed E-state index contributed by atoms with van der Waals surface area (Å²) in [7, 11) is 0. The number of carbonyl (C=O) groups excluding carboxylic acids is 1. The molecule has 1 aliphatic rings. The summed E-state index contributed by atoms with van der Waals surface area (Å²) in [6.07, 6.45) is 3.77. The van der Waals surface area contributed by atoms with E-state index in [-0.39, 0.29) is 18.7 Å². The van der Waals surface area contributed by atoms with Crippen LogP contribution in [0.3, 0.4) is 0 Å². The zero-order chi connectivity index (χ0) is 13.7. The summed E-state index contributed by atoms with van der Waals surface area (Å²) in [5.41, 5.74) is 0.726. The van der Waals surface area contributed by atoms with Gasteiger partial charge in [-0.25, -0.2) is 4.79 Å². The highest BCUT2D eigenvalue weighted by Gasteiger charge is 2.26. The van der Waals surface area contributed by atoms with E-state index in [4.69, 9.17) is 5.11 Å². The van der Waals surface area contributed by atoms with Gasteiger partial charge in [-0.05, 0) is 37.8 Å². The Morgan fingerprint density at radius 1 is 1.42 bits per heavy atom. The molecular formula is C14H20N2O2S. The number of benzene rings is 1. The predicted molar refractivity (Wildman–Crippen MR) is 78.8 cm³/mol. The highest BCUT2D eigenvalue weighted by atomic mass is 32.1.